The second-order valence-electron chi connectivity index (χ2n) is 6.14. The van der Waals surface area contributed by atoms with Gasteiger partial charge in [0.05, 0.1) is 6.54 Å². The maximum atomic E-state index is 12.4. The molecule has 0 unspecified atom stereocenters. The van der Waals surface area contributed by atoms with E-state index in [0.717, 1.165) is 23.7 Å². The number of anilines is 1. The van der Waals surface area contributed by atoms with Gasteiger partial charge in [-0.3, -0.25) is 19.3 Å². The van der Waals surface area contributed by atoms with E-state index in [9.17, 15) is 19.2 Å². The third-order valence-corrected chi connectivity index (χ3v) is 4.61. The number of fused-ring (bicyclic) bond motifs is 1. The summed E-state index contributed by atoms with van der Waals surface area (Å²) in [6.07, 6.45) is 0.207. The average molecular weight is 356 g/mol. The second-order valence-corrected chi connectivity index (χ2v) is 6.14. The van der Waals surface area contributed by atoms with E-state index in [1.807, 2.05) is 19.9 Å². The largest absolute Gasteiger partial charge is 0.422 e. The van der Waals surface area contributed by atoms with Crippen LogP contribution in [0.25, 0.3) is 11.0 Å². The van der Waals surface area contributed by atoms with Gasteiger partial charge in [0, 0.05) is 43.1 Å². The van der Waals surface area contributed by atoms with Crippen molar-refractivity contribution in [1.29, 1.82) is 0 Å². The van der Waals surface area contributed by atoms with Crippen LogP contribution in [0.15, 0.2) is 33.5 Å². The maximum absolute atomic E-state index is 12.4. The third kappa shape index (κ3) is 3.24. The molecule has 3 rings (SSSR count). The van der Waals surface area contributed by atoms with Crippen LogP contribution in [0.4, 0.5) is 5.69 Å². The lowest BCUT2D eigenvalue weighted by Gasteiger charge is -2.21. The summed E-state index contributed by atoms with van der Waals surface area (Å²) in [5, 5.41) is 0.614. The van der Waals surface area contributed by atoms with Gasteiger partial charge in [0.25, 0.3) is 0 Å². The molecule has 0 radical (unpaired) electrons. The number of hydrogen-bond acceptors (Lipinski definition) is 6. The average Bonchev–Trinajstić information content (AvgIpc) is 2.94. The molecular weight excluding hydrogens is 336 g/mol. The van der Waals surface area contributed by atoms with Crippen molar-refractivity contribution >= 4 is 34.3 Å². The van der Waals surface area contributed by atoms with Gasteiger partial charge in [-0.2, -0.15) is 0 Å². The Morgan fingerprint density at radius 2 is 1.73 bits per heavy atom. The van der Waals surface area contributed by atoms with Crippen molar-refractivity contribution in [3.05, 3.63) is 40.2 Å². The molecule has 1 fully saturated rings. The van der Waals surface area contributed by atoms with Crippen molar-refractivity contribution in [2.45, 2.75) is 26.7 Å². The van der Waals surface area contributed by atoms with Gasteiger partial charge in [0.1, 0.15) is 11.1 Å². The summed E-state index contributed by atoms with van der Waals surface area (Å²) in [6, 6.07) is 6.91. The summed E-state index contributed by atoms with van der Waals surface area (Å²) in [4.78, 5) is 51.0. The van der Waals surface area contributed by atoms with E-state index >= 15 is 0 Å². The minimum atomic E-state index is -0.765. The highest BCUT2D eigenvalue weighted by Gasteiger charge is 2.31. The number of amides is 2. The van der Waals surface area contributed by atoms with Gasteiger partial charge >= 0.3 is 5.63 Å². The number of nitrogens with zero attached hydrogens (tertiary/aromatic N) is 2. The van der Waals surface area contributed by atoms with Crippen LogP contribution in [0.2, 0.25) is 0 Å². The monoisotopic (exact) mass is 356 g/mol. The van der Waals surface area contributed by atoms with E-state index in [1.54, 1.807) is 12.1 Å². The van der Waals surface area contributed by atoms with Crippen molar-refractivity contribution in [2.75, 3.05) is 24.5 Å². The van der Waals surface area contributed by atoms with E-state index in [1.165, 1.54) is 6.07 Å². The number of ketones is 1. The molecule has 2 heterocycles. The molecule has 0 saturated carbocycles. The molecule has 0 aliphatic carbocycles. The lowest BCUT2D eigenvalue weighted by molar-refractivity contribution is -0.137. The second kappa shape index (κ2) is 7.11. The molecule has 0 N–H and O–H groups in total. The number of benzene rings is 1. The molecule has 1 aromatic carbocycles. The van der Waals surface area contributed by atoms with Gasteiger partial charge in [-0.1, -0.05) is 0 Å². The van der Waals surface area contributed by atoms with E-state index in [-0.39, 0.29) is 18.4 Å². The molecule has 2 aromatic rings. The molecule has 1 saturated heterocycles. The molecule has 1 aromatic heterocycles. The summed E-state index contributed by atoms with van der Waals surface area (Å²) in [6.45, 7) is 5.28. The van der Waals surface area contributed by atoms with Crippen molar-refractivity contribution in [1.82, 2.24) is 4.90 Å². The number of carbonyl (C=O) groups excluding carboxylic acids is 3. The van der Waals surface area contributed by atoms with Crippen molar-refractivity contribution in [3.63, 3.8) is 0 Å². The molecule has 2 amide bonds. The van der Waals surface area contributed by atoms with Crippen molar-refractivity contribution in [2.24, 2.45) is 0 Å². The Morgan fingerprint density at radius 3 is 2.35 bits per heavy atom. The van der Waals surface area contributed by atoms with Gasteiger partial charge in [0.2, 0.25) is 11.8 Å². The molecule has 7 nitrogen and oxygen atoms in total. The highest BCUT2D eigenvalue weighted by Crippen LogP contribution is 2.22. The van der Waals surface area contributed by atoms with Crippen LogP contribution in [0.1, 0.15) is 37.0 Å². The fourth-order valence-electron chi connectivity index (χ4n) is 3.11. The zero-order chi connectivity index (χ0) is 18.8. The van der Waals surface area contributed by atoms with Gasteiger partial charge in [-0.05, 0) is 32.0 Å². The minimum Gasteiger partial charge on any atom is -0.422 e. The molecule has 1 aliphatic rings. The van der Waals surface area contributed by atoms with Crippen LogP contribution in [0, 0.1) is 0 Å². The SMILES string of the molecule is CCN(CC)c1ccc2cc(C(=O)CN3C(=O)CCC3=O)c(=O)oc2c1. The number of likely N-dealkylation sites (tertiary alicyclic amines) is 1. The normalized spacial score (nSPS) is 14.3. The fourth-order valence-corrected chi connectivity index (χ4v) is 3.11. The Hall–Kier alpha value is -2.96. The fraction of sp³-hybridized carbons (Fsp3) is 0.368. The Bertz CT molecular complexity index is 927. The van der Waals surface area contributed by atoms with Gasteiger partial charge in [-0.15, -0.1) is 0 Å². The summed E-state index contributed by atoms with van der Waals surface area (Å²) >= 11 is 0. The lowest BCUT2D eigenvalue weighted by atomic mass is 10.1. The highest BCUT2D eigenvalue weighted by atomic mass is 16.4. The zero-order valence-electron chi connectivity index (χ0n) is 14.8. The smallest absolute Gasteiger partial charge is 0.347 e. The van der Waals surface area contributed by atoms with Gasteiger partial charge in [0.15, 0.2) is 5.78 Å². The predicted molar refractivity (Wildman–Crippen MR) is 96.3 cm³/mol. The first-order valence-electron chi connectivity index (χ1n) is 8.63. The number of imide groups is 1. The first kappa shape index (κ1) is 17.8. The standard InChI is InChI=1S/C19H20N2O5/c1-3-20(4-2)13-6-5-12-9-14(19(25)26-16(12)10-13)15(22)11-21-17(23)7-8-18(21)24/h5-6,9-10H,3-4,7-8,11H2,1-2H3. The lowest BCUT2D eigenvalue weighted by Crippen LogP contribution is -2.35. The van der Waals surface area contributed by atoms with E-state index < -0.39 is 29.8 Å². The minimum absolute atomic E-state index is 0.104. The zero-order valence-corrected chi connectivity index (χ0v) is 14.8. The Morgan fingerprint density at radius 1 is 1.08 bits per heavy atom. The Labute approximate surface area is 150 Å². The van der Waals surface area contributed by atoms with E-state index in [0.29, 0.717) is 11.0 Å². The molecule has 0 spiro atoms. The number of rotatable bonds is 6. The summed E-state index contributed by atoms with van der Waals surface area (Å²) in [5.41, 5.74) is 0.404. The first-order valence-corrected chi connectivity index (χ1v) is 8.63. The van der Waals surface area contributed by atoms with Crippen LogP contribution in [-0.4, -0.2) is 42.1 Å². The topological polar surface area (TPSA) is 87.9 Å². The van der Waals surface area contributed by atoms with Crippen molar-refractivity contribution in [3.8, 4) is 0 Å². The van der Waals surface area contributed by atoms with Crippen LogP contribution in [0.5, 0.6) is 0 Å². The maximum Gasteiger partial charge on any atom is 0.347 e. The van der Waals surface area contributed by atoms with Gasteiger partial charge < -0.3 is 9.32 Å². The number of hydrogen-bond donors (Lipinski definition) is 0. The summed E-state index contributed by atoms with van der Waals surface area (Å²) in [7, 11) is 0. The summed E-state index contributed by atoms with van der Waals surface area (Å²) in [5.74, 6) is -1.38. The van der Waals surface area contributed by atoms with Crippen molar-refractivity contribution < 1.29 is 18.8 Å². The first-order chi connectivity index (χ1) is 12.4. The van der Waals surface area contributed by atoms with Crippen LogP contribution in [-0.2, 0) is 9.59 Å². The van der Waals surface area contributed by atoms with Crippen LogP contribution in [0.3, 0.4) is 0 Å². The molecule has 1 aliphatic heterocycles. The van der Waals surface area contributed by atoms with E-state index in [2.05, 4.69) is 4.90 Å². The van der Waals surface area contributed by atoms with Crippen LogP contribution >= 0.6 is 0 Å². The summed E-state index contributed by atoms with van der Waals surface area (Å²) < 4.78 is 5.32. The Balaban J connectivity index is 1.92. The number of Topliss-reactive ketones (excluding diaryl/α,β-unsaturated/α-hetero) is 1. The van der Waals surface area contributed by atoms with E-state index in [4.69, 9.17) is 4.42 Å². The molecular formula is C19H20N2O5. The highest BCUT2D eigenvalue weighted by molar-refractivity contribution is 6.08. The quantitative estimate of drug-likeness (QED) is 0.447. The van der Waals surface area contributed by atoms with Gasteiger partial charge in [-0.25, -0.2) is 4.79 Å². The third-order valence-electron chi connectivity index (χ3n) is 4.61. The number of carbonyl (C=O) groups is 3. The Kier molecular flexibility index (Phi) is 4.88. The molecule has 26 heavy (non-hydrogen) atoms. The molecule has 0 bridgehead atoms. The van der Waals surface area contributed by atoms with Crippen LogP contribution < -0.4 is 10.5 Å². The molecule has 7 heteroatoms. The predicted octanol–water partition coefficient (Wildman–Crippen LogP) is 1.97. The molecule has 136 valence electrons. The molecule has 0 atom stereocenters.